The molecule has 1 fully saturated rings. The Kier molecular flexibility index (Phi) is 4.92. The molecule has 12 heavy (non-hydrogen) atoms. The van der Waals surface area contributed by atoms with E-state index in [1.807, 2.05) is 0 Å². The lowest BCUT2D eigenvalue weighted by Gasteiger charge is -2.36. The second-order valence-electron chi connectivity index (χ2n) is 4.41. The summed E-state index contributed by atoms with van der Waals surface area (Å²) < 4.78 is 1.17. The highest BCUT2D eigenvalue weighted by molar-refractivity contribution is 4.64. The molecule has 1 saturated carbocycles. The second kappa shape index (κ2) is 5.16. The van der Waals surface area contributed by atoms with Crippen LogP contribution in [0.3, 0.4) is 0 Å². The fraction of sp³-hybridized carbons (Fsp3) is 0.900. The highest BCUT2D eigenvalue weighted by Gasteiger charge is 2.24. The monoisotopic (exact) mass is 168 g/mol. The molecule has 0 N–H and O–H groups in total. The summed E-state index contributed by atoms with van der Waals surface area (Å²) in [7, 11) is 6.95. The van der Waals surface area contributed by atoms with E-state index in [1.54, 1.807) is 0 Å². The highest BCUT2D eigenvalue weighted by atomic mass is 15.3. The van der Waals surface area contributed by atoms with Gasteiger partial charge in [0.15, 0.2) is 0 Å². The minimum absolute atomic E-state index is 0.939. The molecule has 0 aromatic carbocycles. The number of hydrogen-bond acceptors (Lipinski definition) is 1. The third kappa shape index (κ3) is 3.73. The maximum Gasteiger partial charge on any atom is 0.0884 e. The van der Waals surface area contributed by atoms with Crippen LogP contribution in [0.15, 0.2) is 0 Å². The van der Waals surface area contributed by atoms with Crippen molar-refractivity contribution in [2.75, 3.05) is 21.1 Å². The molecule has 0 heterocycles. The summed E-state index contributed by atoms with van der Waals surface area (Å²) in [6, 6.07) is 0.939. The van der Waals surface area contributed by atoms with Crippen LogP contribution in [-0.4, -0.2) is 31.7 Å². The first kappa shape index (κ1) is 11.4. The molecule has 0 aromatic heterocycles. The van der Waals surface area contributed by atoms with E-state index in [2.05, 4.69) is 21.1 Å². The summed E-state index contributed by atoms with van der Waals surface area (Å²) in [4.78, 5) is 0. The molecule has 2 heteroatoms. The zero-order valence-electron chi connectivity index (χ0n) is 8.51. The first-order valence-electron chi connectivity index (χ1n) is 4.64. The average molecular weight is 168 g/mol. The third-order valence-corrected chi connectivity index (χ3v) is 2.67. The molecule has 0 saturated heterocycles. The number of rotatable bonds is 1. The van der Waals surface area contributed by atoms with Crippen molar-refractivity contribution in [3.63, 3.8) is 0 Å². The molecule has 0 unspecified atom stereocenters. The summed E-state index contributed by atoms with van der Waals surface area (Å²) in [6.45, 7) is 4.75. The lowest BCUT2D eigenvalue weighted by Crippen LogP contribution is -2.45. The van der Waals surface area contributed by atoms with Gasteiger partial charge in [-0.25, -0.2) is 0 Å². The Bertz CT molecular complexity index is 127. The Balaban J connectivity index is 0.000000561. The number of hydrogen-bond donors (Lipinski definition) is 0. The highest BCUT2D eigenvalue weighted by Crippen LogP contribution is 2.23. The number of quaternary nitrogens is 1. The minimum Gasteiger partial charge on any atom is -0.512 e. The van der Waals surface area contributed by atoms with Gasteiger partial charge in [0.2, 0.25) is 0 Å². The third-order valence-electron chi connectivity index (χ3n) is 2.67. The topological polar surface area (TPSA) is 23.8 Å². The van der Waals surface area contributed by atoms with Gasteiger partial charge in [-0.1, -0.05) is 6.42 Å². The van der Waals surface area contributed by atoms with Crippen LogP contribution in [0.1, 0.15) is 32.1 Å². The Morgan fingerprint density at radius 2 is 1.42 bits per heavy atom. The van der Waals surface area contributed by atoms with Crippen molar-refractivity contribution in [3.8, 4) is 0 Å². The van der Waals surface area contributed by atoms with Crippen molar-refractivity contribution < 1.29 is 4.48 Å². The standard InChI is InChI=1S/C9H20N.CN/c1-10(2,3)9-7-5-4-6-8-9;1-2/h9H,4-8H2,1-3H3;/q+1;-1. The summed E-state index contributed by atoms with van der Waals surface area (Å²) in [5.41, 5.74) is 0. The van der Waals surface area contributed by atoms with Crippen molar-refractivity contribution in [1.82, 2.24) is 0 Å². The van der Waals surface area contributed by atoms with E-state index >= 15 is 0 Å². The van der Waals surface area contributed by atoms with Crippen LogP contribution >= 0.6 is 0 Å². The van der Waals surface area contributed by atoms with Crippen molar-refractivity contribution in [1.29, 1.82) is 5.26 Å². The van der Waals surface area contributed by atoms with Gasteiger partial charge >= 0.3 is 0 Å². The molecule has 1 aliphatic carbocycles. The van der Waals surface area contributed by atoms with Gasteiger partial charge in [0.25, 0.3) is 0 Å². The van der Waals surface area contributed by atoms with Crippen LogP contribution in [0.4, 0.5) is 0 Å². The molecule has 0 atom stereocenters. The maximum atomic E-state index is 6.25. The molecular formula is C10H20N2. The molecule has 0 aromatic rings. The van der Waals surface area contributed by atoms with Gasteiger partial charge in [-0.3, -0.25) is 0 Å². The van der Waals surface area contributed by atoms with Gasteiger partial charge in [-0.2, -0.15) is 0 Å². The Morgan fingerprint density at radius 3 is 1.67 bits per heavy atom. The molecule has 70 valence electrons. The summed E-state index contributed by atoms with van der Waals surface area (Å²) in [5.74, 6) is 0. The molecule has 0 spiro atoms. The summed E-state index contributed by atoms with van der Waals surface area (Å²) >= 11 is 0. The quantitative estimate of drug-likeness (QED) is 0.434. The fourth-order valence-corrected chi connectivity index (χ4v) is 1.86. The minimum atomic E-state index is 0.939. The van der Waals surface area contributed by atoms with Crippen LogP contribution in [0.2, 0.25) is 0 Å². The van der Waals surface area contributed by atoms with Gasteiger partial charge in [0, 0.05) is 0 Å². The molecule has 2 nitrogen and oxygen atoms in total. The van der Waals surface area contributed by atoms with Crippen LogP contribution in [0, 0.1) is 11.8 Å². The summed E-state index contributed by atoms with van der Waals surface area (Å²) in [6.07, 6.45) is 7.28. The van der Waals surface area contributed by atoms with Gasteiger partial charge in [-0.05, 0) is 25.7 Å². The number of nitrogens with zero attached hydrogens (tertiary/aromatic N) is 2. The van der Waals surface area contributed by atoms with Crippen molar-refractivity contribution in [3.05, 3.63) is 6.57 Å². The molecule has 0 aliphatic heterocycles. The van der Waals surface area contributed by atoms with Crippen LogP contribution in [0.25, 0.3) is 0 Å². The van der Waals surface area contributed by atoms with Crippen LogP contribution < -0.4 is 0 Å². The maximum absolute atomic E-state index is 6.25. The lowest BCUT2D eigenvalue weighted by molar-refractivity contribution is -0.897. The Hall–Kier alpha value is -0.550. The van der Waals surface area contributed by atoms with Crippen molar-refractivity contribution >= 4 is 0 Å². The van der Waals surface area contributed by atoms with Crippen LogP contribution in [0.5, 0.6) is 0 Å². The van der Waals surface area contributed by atoms with E-state index in [1.165, 1.54) is 36.6 Å². The molecular weight excluding hydrogens is 148 g/mol. The van der Waals surface area contributed by atoms with E-state index in [9.17, 15) is 0 Å². The first-order chi connectivity index (χ1) is 5.61. The SMILES string of the molecule is C[N+](C)(C)C1CCCCC1.[C-]#N. The predicted molar refractivity (Wildman–Crippen MR) is 49.9 cm³/mol. The van der Waals surface area contributed by atoms with Gasteiger partial charge < -0.3 is 16.3 Å². The molecule has 0 radical (unpaired) electrons. The van der Waals surface area contributed by atoms with E-state index in [4.69, 9.17) is 11.8 Å². The van der Waals surface area contributed by atoms with E-state index in [0.29, 0.717) is 0 Å². The van der Waals surface area contributed by atoms with E-state index < -0.39 is 0 Å². The molecule has 0 amide bonds. The lowest BCUT2D eigenvalue weighted by atomic mass is 9.94. The molecule has 0 bridgehead atoms. The zero-order valence-corrected chi connectivity index (χ0v) is 8.51. The van der Waals surface area contributed by atoms with Gasteiger partial charge in [0.05, 0.1) is 27.2 Å². The second-order valence-corrected chi connectivity index (χ2v) is 4.41. The van der Waals surface area contributed by atoms with Crippen LogP contribution in [-0.2, 0) is 0 Å². The van der Waals surface area contributed by atoms with Gasteiger partial charge in [-0.15, -0.1) is 0 Å². The van der Waals surface area contributed by atoms with Crippen molar-refractivity contribution in [2.45, 2.75) is 38.1 Å². The smallest absolute Gasteiger partial charge is 0.0884 e. The molecule has 1 aliphatic rings. The average Bonchev–Trinajstić information content (AvgIpc) is 2.08. The zero-order chi connectivity index (χ0) is 9.61. The predicted octanol–water partition coefficient (Wildman–Crippen LogP) is 2.12. The first-order valence-corrected chi connectivity index (χ1v) is 4.64. The van der Waals surface area contributed by atoms with E-state index in [-0.39, 0.29) is 0 Å². The normalized spacial score (nSPS) is 19.4. The Labute approximate surface area is 76.4 Å². The van der Waals surface area contributed by atoms with E-state index in [0.717, 1.165) is 6.04 Å². The Morgan fingerprint density at radius 1 is 1.00 bits per heavy atom. The van der Waals surface area contributed by atoms with Gasteiger partial charge in [0.1, 0.15) is 0 Å². The largest absolute Gasteiger partial charge is 0.512 e. The summed E-state index contributed by atoms with van der Waals surface area (Å²) in [5, 5.41) is 6.25. The van der Waals surface area contributed by atoms with Crippen molar-refractivity contribution in [2.24, 2.45) is 0 Å². The molecule has 1 rings (SSSR count). The fourth-order valence-electron chi connectivity index (χ4n) is 1.86.